The topological polar surface area (TPSA) is 121 Å². The number of nitrogens with zero attached hydrogens (tertiary/aromatic N) is 2. The van der Waals surface area contributed by atoms with Crippen LogP contribution in [-0.4, -0.2) is 101 Å². The van der Waals surface area contributed by atoms with E-state index in [9.17, 15) is 20.1 Å². The number of likely N-dealkylation sites (N-methyl/N-ethyl adjacent to an activating group) is 1. The van der Waals surface area contributed by atoms with Gasteiger partial charge in [0.15, 0.2) is 6.29 Å². The number of aliphatic hydroxyl groups excluding tert-OH is 2. The van der Waals surface area contributed by atoms with E-state index in [-0.39, 0.29) is 36.0 Å². The molecule has 1 unspecified atom stereocenters. The number of esters is 1. The minimum Gasteiger partial charge on any atom is -0.459 e. The molecular formula is C32H60N2O7. The summed E-state index contributed by atoms with van der Waals surface area (Å²) in [6, 6.07) is -0.106. The van der Waals surface area contributed by atoms with Gasteiger partial charge < -0.3 is 34.4 Å². The van der Waals surface area contributed by atoms with Crippen LogP contribution in [0.2, 0.25) is 0 Å². The molecule has 9 heteroatoms. The minimum atomic E-state index is -1.66. The van der Waals surface area contributed by atoms with Crippen LogP contribution < -0.4 is 0 Å². The molecule has 2 aliphatic rings. The zero-order chi connectivity index (χ0) is 31.6. The Morgan fingerprint density at radius 2 is 1.61 bits per heavy atom. The molecule has 13 atom stereocenters. The second kappa shape index (κ2) is 14.1. The fourth-order valence-corrected chi connectivity index (χ4v) is 7.37. The summed E-state index contributed by atoms with van der Waals surface area (Å²) in [6.45, 7) is 19.6. The number of ether oxygens (including phenoxy) is 3. The van der Waals surface area contributed by atoms with E-state index < -0.39 is 53.4 Å². The lowest BCUT2D eigenvalue weighted by Gasteiger charge is -2.48. The molecule has 0 spiro atoms. The van der Waals surface area contributed by atoms with Gasteiger partial charge in [-0.05, 0) is 70.4 Å². The third-order valence-corrected chi connectivity index (χ3v) is 10.2. The van der Waals surface area contributed by atoms with Crippen LogP contribution in [0.1, 0.15) is 88.5 Å². The third kappa shape index (κ3) is 7.90. The lowest BCUT2D eigenvalue weighted by Crippen LogP contribution is -2.57. The van der Waals surface area contributed by atoms with Crippen LogP contribution in [0.3, 0.4) is 0 Å². The molecule has 0 aliphatic carbocycles. The first-order valence-electron chi connectivity index (χ1n) is 15.5. The number of hydrogen-bond donors (Lipinski definition) is 3. The predicted octanol–water partition coefficient (Wildman–Crippen LogP) is 3.91. The summed E-state index contributed by atoms with van der Waals surface area (Å²) in [5.74, 6) is -1.70. The van der Waals surface area contributed by atoms with Crippen LogP contribution in [0.15, 0.2) is 4.99 Å². The Balaban J connectivity index is 2.60. The molecule has 2 heterocycles. The van der Waals surface area contributed by atoms with Gasteiger partial charge in [-0.3, -0.25) is 9.79 Å². The molecule has 2 saturated heterocycles. The lowest BCUT2D eigenvalue weighted by molar-refractivity contribution is -0.289. The summed E-state index contributed by atoms with van der Waals surface area (Å²) in [5.41, 5.74) is -1.31. The largest absolute Gasteiger partial charge is 0.459 e. The number of hydrogen-bond acceptors (Lipinski definition) is 9. The second-order valence-corrected chi connectivity index (χ2v) is 14.2. The number of cyclic esters (lactones) is 1. The van der Waals surface area contributed by atoms with Gasteiger partial charge in [-0.2, -0.15) is 0 Å². The highest BCUT2D eigenvalue weighted by atomic mass is 16.7. The summed E-state index contributed by atoms with van der Waals surface area (Å²) in [7, 11) is 5.62. The van der Waals surface area contributed by atoms with Crippen LogP contribution in [0.25, 0.3) is 0 Å². The Bertz CT molecular complexity index is 891. The van der Waals surface area contributed by atoms with E-state index >= 15 is 0 Å². The SMILES string of the molecule is CC[C@H]1OC(=O)[C@H](C)[C@@H](C)[C@H](C)[C@@H](OC2O[C@H](C)C[C@H](N(C)C)[C@H]2O)C(C)(C)C[C@@H](C)C(=NC)[C@H](C)[C@@H](O)[C@]1(C)O. The highest BCUT2D eigenvalue weighted by Gasteiger charge is 2.49. The van der Waals surface area contributed by atoms with E-state index in [1.54, 1.807) is 14.0 Å². The summed E-state index contributed by atoms with van der Waals surface area (Å²) in [6.07, 6.45) is -2.46. The number of aliphatic hydroxyl groups is 3. The molecular weight excluding hydrogens is 524 g/mol. The van der Waals surface area contributed by atoms with E-state index in [1.807, 2.05) is 53.6 Å². The quantitative estimate of drug-likeness (QED) is 0.426. The predicted molar refractivity (Wildman–Crippen MR) is 162 cm³/mol. The second-order valence-electron chi connectivity index (χ2n) is 14.2. The zero-order valence-electron chi connectivity index (χ0n) is 27.9. The van der Waals surface area contributed by atoms with Crippen molar-refractivity contribution >= 4 is 11.7 Å². The van der Waals surface area contributed by atoms with Crippen molar-refractivity contribution in [2.75, 3.05) is 21.1 Å². The van der Waals surface area contributed by atoms with E-state index in [2.05, 4.69) is 32.7 Å². The summed E-state index contributed by atoms with van der Waals surface area (Å²) in [4.78, 5) is 20.1. The summed E-state index contributed by atoms with van der Waals surface area (Å²) >= 11 is 0. The van der Waals surface area contributed by atoms with Gasteiger partial charge in [0.05, 0.1) is 24.2 Å². The lowest BCUT2D eigenvalue weighted by atomic mass is 9.67. The van der Waals surface area contributed by atoms with Crippen LogP contribution in [0.4, 0.5) is 0 Å². The Labute approximate surface area is 249 Å². The third-order valence-electron chi connectivity index (χ3n) is 10.2. The molecule has 0 aromatic rings. The normalized spacial score (nSPS) is 46.3. The molecule has 2 fully saturated rings. The van der Waals surface area contributed by atoms with Gasteiger partial charge in [0.2, 0.25) is 0 Å². The first kappa shape index (κ1) is 36.1. The number of rotatable bonds is 4. The van der Waals surface area contributed by atoms with E-state index in [0.717, 1.165) is 5.71 Å². The standard InChI is InChI=1S/C32H60N2O7/c1-14-24-32(10,38)27(36)22(7)25(33-11)17(2)16-31(8,9)28(20(5)19(4)21(6)29(37)40-24)41-30-26(35)23(34(12)13)15-18(3)39-30/h17-24,26-28,30,35-36,38H,14-16H2,1-13H3/t17-,18-,19+,20+,21-,22+,23+,24-,26-,27-,28-,30?,32-/m1/s1. The molecule has 2 rings (SSSR count). The first-order chi connectivity index (χ1) is 18.8. The fraction of sp³-hybridized carbons (Fsp3) is 0.938. The molecule has 0 radical (unpaired) electrons. The van der Waals surface area contributed by atoms with E-state index in [4.69, 9.17) is 14.2 Å². The molecule has 0 saturated carbocycles. The van der Waals surface area contributed by atoms with E-state index in [1.165, 1.54) is 0 Å². The van der Waals surface area contributed by atoms with Crippen LogP contribution in [0, 0.1) is 35.0 Å². The maximum absolute atomic E-state index is 13.5. The highest BCUT2D eigenvalue weighted by molar-refractivity contribution is 5.89. The highest BCUT2D eigenvalue weighted by Crippen LogP contribution is 2.43. The summed E-state index contributed by atoms with van der Waals surface area (Å²) < 4.78 is 18.9. The van der Waals surface area contributed by atoms with Gasteiger partial charge in [0, 0.05) is 24.7 Å². The molecule has 2 aliphatic heterocycles. The average molecular weight is 585 g/mol. The van der Waals surface area contributed by atoms with Gasteiger partial charge in [0.25, 0.3) is 0 Å². The van der Waals surface area contributed by atoms with Crippen molar-refractivity contribution in [3.8, 4) is 0 Å². The minimum absolute atomic E-state index is 0.0438. The van der Waals surface area contributed by atoms with Crippen molar-refractivity contribution in [3.63, 3.8) is 0 Å². The van der Waals surface area contributed by atoms with Crippen molar-refractivity contribution in [1.82, 2.24) is 4.90 Å². The molecule has 9 nitrogen and oxygen atoms in total. The average Bonchev–Trinajstić information content (AvgIpc) is 2.88. The van der Waals surface area contributed by atoms with Gasteiger partial charge >= 0.3 is 5.97 Å². The van der Waals surface area contributed by atoms with Crippen molar-refractivity contribution in [2.24, 2.45) is 40.0 Å². The smallest absolute Gasteiger partial charge is 0.309 e. The number of carbonyl (C=O) groups is 1. The van der Waals surface area contributed by atoms with Crippen LogP contribution in [0.5, 0.6) is 0 Å². The Morgan fingerprint density at radius 3 is 2.12 bits per heavy atom. The summed E-state index contributed by atoms with van der Waals surface area (Å²) in [5, 5.41) is 34.2. The van der Waals surface area contributed by atoms with Gasteiger partial charge in [-0.25, -0.2) is 0 Å². The molecule has 240 valence electrons. The molecule has 0 aromatic heterocycles. The molecule has 3 N–H and O–H groups in total. The first-order valence-corrected chi connectivity index (χ1v) is 15.5. The fourth-order valence-electron chi connectivity index (χ4n) is 7.37. The number of carbonyl (C=O) groups excluding carboxylic acids is 1. The van der Waals surface area contributed by atoms with Crippen molar-refractivity contribution in [1.29, 1.82) is 0 Å². The zero-order valence-corrected chi connectivity index (χ0v) is 27.9. The Hall–Kier alpha value is -1.10. The van der Waals surface area contributed by atoms with Crippen molar-refractivity contribution in [2.45, 2.75) is 137 Å². The van der Waals surface area contributed by atoms with Crippen molar-refractivity contribution < 1.29 is 34.3 Å². The van der Waals surface area contributed by atoms with Crippen molar-refractivity contribution in [3.05, 3.63) is 0 Å². The monoisotopic (exact) mass is 584 g/mol. The maximum atomic E-state index is 13.5. The van der Waals surface area contributed by atoms with Gasteiger partial charge in [0.1, 0.15) is 17.8 Å². The van der Waals surface area contributed by atoms with Crippen LogP contribution >= 0.6 is 0 Å². The maximum Gasteiger partial charge on any atom is 0.309 e. The van der Waals surface area contributed by atoms with Gasteiger partial charge in [-0.1, -0.05) is 55.4 Å². The Kier molecular flexibility index (Phi) is 12.4. The molecule has 41 heavy (non-hydrogen) atoms. The van der Waals surface area contributed by atoms with Crippen LogP contribution in [-0.2, 0) is 19.0 Å². The molecule has 0 amide bonds. The number of aliphatic imine (C=N–C) groups is 1. The molecule has 0 bridgehead atoms. The van der Waals surface area contributed by atoms with Gasteiger partial charge in [-0.15, -0.1) is 0 Å². The van der Waals surface area contributed by atoms with E-state index in [0.29, 0.717) is 19.3 Å². The Morgan fingerprint density at radius 1 is 1.02 bits per heavy atom. The molecule has 0 aromatic carbocycles.